The second-order valence-corrected chi connectivity index (χ2v) is 15.5. The molecule has 6 aliphatic rings. The summed E-state index contributed by atoms with van der Waals surface area (Å²) in [5.41, 5.74) is 2.93. The summed E-state index contributed by atoms with van der Waals surface area (Å²) in [6, 6.07) is 6.30. The van der Waals surface area contributed by atoms with Crippen LogP contribution in [0.15, 0.2) is 35.9 Å². The van der Waals surface area contributed by atoms with Gasteiger partial charge < -0.3 is 19.1 Å². The Bertz CT molecular complexity index is 1220. The fourth-order valence-corrected chi connectivity index (χ4v) is 10.9. The number of rotatable bonds is 3. The van der Waals surface area contributed by atoms with Crippen LogP contribution in [0.3, 0.4) is 0 Å². The summed E-state index contributed by atoms with van der Waals surface area (Å²) in [5, 5.41) is 0. The second kappa shape index (κ2) is 10.3. The van der Waals surface area contributed by atoms with Crippen molar-refractivity contribution >= 4 is 6.09 Å². The third kappa shape index (κ3) is 4.48. The van der Waals surface area contributed by atoms with E-state index in [0.717, 1.165) is 44.3 Å². The molecule has 7 rings (SSSR count). The molecular weight excluding hydrogens is 529 g/mol. The zero-order valence-corrected chi connectivity index (χ0v) is 26.2. The van der Waals surface area contributed by atoms with Crippen molar-refractivity contribution in [2.24, 2.45) is 46.3 Å². The largest absolute Gasteiger partial charge is 0.446 e. The van der Waals surface area contributed by atoms with E-state index >= 15 is 0 Å². The van der Waals surface area contributed by atoms with Crippen LogP contribution in [-0.2, 0) is 20.8 Å². The van der Waals surface area contributed by atoms with E-state index in [4.69, 9.17) is 14.2 Å². The molecule has 230 valence electrons. The standard InChI is InChI=1S/C36H50FNO4/c1-22-12-17-36(40-21-22)23(2)32-31(42-36)19-30-28-11-8-25-18-27(13-15-34(25,3)29(28)14-16-35(30,32)4)41-33(39)38(5)20-24-6-9-26(37)10-7-24/h6-10,22-23,27-32H,11-21H2,1-5H3/t22-,23+,27+,28-,29+,30+,31+,32+,34+,35+,36-/m1/s1. The third-order valence-corrected chi connectivity index (χ3v) is 13.2. The normalized spacial score (nSPS) is 45.8. The first-order chi connectivity index (χ1) is 20.0. The van der Waals surface area contributed by atoms with Crippen molar-refractivity contribution < 1.29 is 23.4 Å². The van der Waals surface area contributed by atoms with Crippen LogP contribution in [0.4, 0.5) is 9.18 Å². The number of benzene rings is 1. The smallest absolute Gasteiger partial charge is 0.410 e. The summed E-state index contributed by atoms with van der Waals surface area (Å²) in [6.07, 6.45) is 12.5. The molecule has 5 fully saturated rings. The zero-order chi connectivity index (χ0) is 29.4. The first kappa shape index (κ1) is 28.8. The van der Waals surface area contributed by atoms with Crippen molar-refractivity contribution in [1.29, 1.82) is 0 Å². The Morgan fingerprint density at radius 3 is 2.60 bits per heavy atom. The van der Waals surface area contributed by atoms with Gasteiger partial charge in [-0.05, 0) is 103 Å². The van der Waals surface area contributed by atoms with Crippen molar-refractivity contribution in [1.82, 2.24) is 4.90 Å². The maximum absolute atomic E-state index is 13.3. The van der Waals surface area contributed by atoms with Crippen molar-refractivity contribution in [3.8, 4) is 0 Å². The van der Waals surface area contributed by atoms with Gasteiger partial charge in [0.1, 0.15) is 11.9 Å². The number of allylic oxidation sites excluding steroid dienone is 1. The van der Waals surface area contributed by atoms with Gasteiger partial charge in [0.15, 0.2) is 5.79 Å². The molecule has 6 heteroatoms. The minimum Gasteiger partial charge on any atom is -0.446 e. The Labute approximate surface area is 251 Å². The van der Waals surface area contributed by atoms with E-state index in [1.54, 1.807) is 24.1 Å². The van der Waals surface area contributed by atoms with Crippen LogP contribution in [-0.4, -0.2) is 42.6 Å². The number of ether oxygens (including phenoxy) is 3. The van der Waals surface area contributed by atoms with Crippen LogP contribution in [0.1, 0.15) is 91.0 Å². The lowest BCUT2D eigenvalue weighted by Gasteiger charge is -2.58. The molecule has 11 atom stereocenters. The fourth-order valence-electron chi connectivity index (χ4n) is 10.9. The van der Waals surface area contributed by atoms with E-state index in [0.29, 0.717) is 53.6 Å². The Kier molecular flexibility index (Phi) is 7.09. The highest BCUT2D eigenvalue weighted by Gasteiger charge is 2.68. The van der Waals surface area contributed by atoms with Crippen molar-refractivity contribution in [3.05, 3.63) is 47.3 Å². The van der Waals surface area contributed by atoms with Gasteiger partial charge in [-0.15, -0.1) is 0 Å². The molecule has 3 saturated carbocycles. The Balaban J connectivity index is 1.02. The molecule has 1 spiro atoms. The van der Waals surface area contributed by atoms with Gasteiger partial charge in [-0.3, -0.25) is 0 Å². The van der Waals surface area contributed by atoms with Gasteiger partial charge in [-0.25, -0.2) is 9.18 Å². The molecule has 5 nitrogen and oxygen atoms in total. The molecule has 0 bridgehead atoms. The fraction of sp³-hybridized carbons (Fsp3) is 0.750. The van der Waals surface area contributed by atoms with Crippen LogP contribution in [0.5, 0.6) is 0 Å². The van der Waals surface area contributed by atoms with E-state index in [1.807, 2.05) is 0 Å². The average Bonchev–Trinajstić information content (AvgIpc) is 3.41. The van der Waals surface area contributed by atoms with E-state index < -0.39 is 0 Å². The number of amides is 1. The minimum atomic E-state index is -0.346. The first-order valence-electron chi connectivity index (χ1n) is 16.7. The number of carbonyl (C=O) groups is 1. The predicted molar refractivity (Wildman–Crippen MR) is 160 cm³/mol. The predicted octanol–water partition coefficient (Wildman–Crippen LogP) is 8.13. The number of fused-ring (bicyclic) bond motifs is 7. The van der Waals surface area contributed by atoms with Crippen LogP contribution in [0, 0.1) is 52.2 Å². The SMILES string of the molecule is C[C@@H]1CC[C@@]2(OC1)O[C@H]1C[C@H]3[C@@H]4CC=C5C[C@@H](OC(=O)N(C)Cc6ccc(F)cc6)CC[C@]5(C)[C@H]4CC[C@]3(C)[C@H]1[C@@H]2C. The summed E-state index contributed by atoms with van der Waals surface area (Å²) in [6.45, 7) is 11.1. The molecule has 2 heterocycles. The monoisotopic (exact) mass is 579 g/mol. The van der Waals surface area contributed by atoms with Gasteiger partial charge in [-0.2, -0.15) is 0 Å². The first-order valence-corrected chi connectivity index (χ1v) is 16.7. The summed E-state index contributed by atoms with van der Waals surface area (Å²) in [5.74, 6) is 3.19. The molecule has 0 N–H and O–H groups in total. The van der Waals surface area contributed by atoms with Crippen molar-refractivity contribution in [3.63, 3.8) is 0 Å². The molecule has 0 radical (unpaired) electrons. The zero-order valence-electron chi connectivity index (χ0n) is 26.2. The van der Waals surface area contributed by atoms with Crippen LogP contribution in [0.25, 0.3) is 0 Å². The van der Waals surface area contributed by atoms with Gasteiger partial charge in [0.05, 0.1) is 12.7 Å². The molecule has 1 amide bonds. The summed E-state index contributed by atoms with van der Waals surface area (Å²) in [4.78, 5) is 14.5. The highest BCUT2D eigenvalue weighted by molar-refractivity contribution is 5.67. The van der Waals surface area contributed by atoms with Crippen molar-refractivity contribution in [2.45, 2.75) is 110 Å². The molecular formula is C36H50FNO4. The third-order valence-electron chi connectivity index (χ3n) is 13.2. The number of hydrogen-bond donors (Lipinski definition) is 0. The molecule has 0 aromatic heterocycles. The lowest BCUT2D eigenvalue weighted by Crippen LogP contribution is -2.52. The lowest BCUT2D eigenvalue weighted by molar-refractivity contribution is -0.272. The van der Waals surface area contributed by atoms with E-state index in [9.17, 15) is 9.18 Å². The Morgan fingerprint density at radius 1 is 1.07 bits per heavy atom. The molecule has 1 aromatic carbocycles. The Hall–Kier alpha value is -1.92. The van der Waals surface area contributed by atoms with Gasteiger partial charge in [0, 0.05) is 32.4 Å². The lowest BCUT2D eigenvalue weighted by atomic mass is 9.47. The number of halogens is 1. The second-order valence-electron chi connectivity index (χ2n) is 15.5. The van der Waals surface area contributed by atoms with Gasteiger partial charge in [0.25, 0.3) is 0 Å². The van der Waals surface area contributed by atoms with Gasteiger partial charge in [-0.1, -0.05) is 51.5 Å². The quantitative estimate of drug-likeness (QED) is 0.339. The molecule has 42 heavy (non-hydrogen) atoms. The van der Waals surface area contributed by atoms with Crippen LogP contribution < -0.4 is 0 Å². The van der Waals surface area contributed by atoms with E-state index in [1.165, 1.54) is 43.4 Å². The number of hydrogen-bond acceptors (Lipinski definition) is 4. The van der Waals surface area contributed by atoms with E-state index in [2.05, 4.69) is 33.8 Å². The molecule has 2 aliphatic heterocycles. The topological polar surface area (TPSA) is 48.0 Å². The minimum absolute atomic E-state index is 0.0765. The highest BCUT2D eigenvalue weighted by atomic mass is 19.1. The Morgan fingerprint density at radius 2 is 1.86 bits per heavy atom. The summed E-state index contributed by atoms with van der Waals surface area (Å²) >= 11 is 0. The maximum atomic E-state index is 13.3. The molecule has 2 saturated heterocycles. The average molecular weight is 580 g/mol. The number of nitrogens with zero attached hydrogens (tertiary/aromatic N) is 1. The number of carbonyl (C=O) groups excluding carboxylic acids is 1. The van der Waals surface area contributed by atoms with Crippen LogP contribution in [0.2, 0.25) is 0 Å². The summed E-state index contributed by atoms with van der Waals surface area (Å²) < 4.78 is 32.8. The molecule has 4 aliphatic carbocycles. The maximum Gasteiger partial charge on any atom is 0.410 e. The van der Waals surface area contributed by atoms with Gasteiger partial charge in [0.2, 0.25) is 0 Å². The molecule has 1 aromatic rings. The van der Waals surface area contributed by atoms with Crippen molar-refractivity contribution in [2.75, 3.05) is 13.7 Å². The van der Waals surface area contributed by atoms with Crippen LogP contribution >= 0.6 is 0 Å². The van der Waals surface area contributed by atoms with Gasteiger partial charge >= 0.3 is 6.09 Å². The summed E-state index contributed by atoms with van der Waals surface area (Å²) in [7, 11) is 1.76. The van der Waals surface area contributed by atoms with E-state index in [-0.39, 0.29) is 29.2 Å². The highest BCUT2D eigenvalue weighted by Crippen LogP contribution is 2.70. The molecule has 0 unspecified atom stereocenters.